The van der Waals surface area contributed by atoms with Gasteiger partial charge >= 0.3 is 0 Å². The van der Waals surface area contributed by atoms with Gasteiger partial charge in [-0.3, -0.25) is 4.57 Å². The number of aromatic hydroxyl groups is 1. The number of aliphatic imine (C=N–C) groups is 1. The maximum absolute atomic E-state index is 10.4. The van der Waals surface area contributed by atoms with Gasteiger partial charge in [0.05, 0.1) is 0 Å². The van der Waals surface area contributed by atoms with E-state index >= 15 is 0 Å². The summed E-state index contributed by atoms with van der Waals surface area (Å²) in [6.45, 7) is 1.54. The SMILES string of the molecule is CN(C)CCCn1c(N)nc(/C=C2/C=Nc3ncccc32)c1O. The molecule has 3 heterocycles. The molecule has 0 aromatic carbocycles. The second-order valence-corrected chi connectivity index (χ2v) is 5.72. The largest absolute Gasteiger partial charge is 0.493 e. The maximum Gasteiger partial charge on any atom is 0.220 e. The van der Waals surface area contributed by atoms with Crippen molar-refractivity contribution < 1.29 is 5.11 Å². The van der Waals surface area contributed by atoms with Crippen molar-refractivity contribution in [2.45, 2.75) is 13.0 Å². The summed E-state index contributed by atoms with van der Waals surface area (Å²) in [5.74, 6) is 1.07. The fraction of sp³-hybridized carbons (Fsp3) is 0.312. The van der Waals surface area contributed by atoms with Crippen LogP contribution in [0.1, 0.15) is 17.7 Å². The van der Waals surface area contributed by atoms with E-state index in [4.69, 9.17) is 5.73 Å². The number of aromatic nitrogens is 3. The number of anilines is 1. The first-order chi connectivity index (χ1) is 11.1. The minimum Gasteiger partial charge on any atom is -0.493 e. The summed E-state index contributed by atoms with van der Waals surface area (Å²) in [6.07, 6.45) is 6.09. The molecule has 0 bridgehead atoms. The predicted octanol–water partition coefficient (Wildman–Crippen LogP) is 1.77. The fourth-order valence-corrected chi connectivity index (χ4v) is 2.53. The summed E-state index contributed by atoms with van der Waals surface area (Å²) in [6, 6.07) is 3.80. The highest BCUT2D eigenvalue weighted by molar-refractivity contribution is 6.20. The number of imidazole rings is 1. The number of nitrogens with zero attached hydrogens (tertiary/aromatic N) is 5. The van der Waals surface area contributed by atoms with Crippen LogP contribution in [0.15, 0.2) is 23.3 Å². The molecule has 2 aromatic heterocycles. The summed E-state index contributed by atoms with van der Waals surface area (Å²) < 4.78 is 1.63. The van der Waals surface area contributed by atoms with E-state index in [-0.39, 0.29) is 5.88 Å². The van der Waals surface area contributed by atoms with Crippen molar-refractivity contribution in [1.29, 1.82) is 0 Å². The molecule has 0 radical (unpaired) electrons. The van der Waals surface area contributed by atoms with E-state index < -0.39 is 0 Å². The van der Waals surface area contributed by atoms with E-state index in [1.54, 1.807) is 23.1 Å². The van der Waals surface area contributed by atoms with Gasteiger partial charge in [-0.25, -0.2) is 15.0 Å². The number of hydrogen-bond donors (Lipinski definition) is 2. The van der Waals surface area contributed by atoms with Gasteiger partial charge in [-0.05, 0) is 45.3 Å². The molecule has 0 spiro atoms. The zero-order valence-corrected chi connectivity index (χ0v) is 13.3. The first kappa shape index (κ1) is 15.2. The molecule has 0 saturated heterocycles. The number of rotatable bonds is 5. The van der Waals surface area contributed by atoms with Crippen LogP contribution in [0.2, 0.25) is 0 Å². The summed E-state index contributed by atoms with van der Waals surface area (Å²) in [5.41, 5.74) is 8.17. The third-order valence-electron chi connectivity index (χ3n) is 3.70. The van der Waals surface area contributed by atoms with E-state index in [1.807, 2.05) is 26.2 Å². The number of pyridine rings is 1. The van der Waals surface area contributed by atoms with Crippen molar-refractivity contribution in [2.75, 3.05) is 26.4 Å². The van der Waals surface area contributed by atoms with Gasteiger partial charge in [0, 0.05) is 30.1 Å². The minimum absolute atomic E-state index is 0.0829. The highest BCUT2D eigenvalue weighted by atomic mass is 16.3. The van der Waals surface area contributed by atoms with Crippen LogP contribution in [0, 0.1) is 0 Å². The van der Waals surface area contributed by atoms with Crippen molar-refractivity contribution in [3.05, 3.63) is 29.6 Å². The number of hydrogen-bond acceptors (Lipinski definition) is 6. The van der Waals surface area contributed by atoms with Crippen molar-refractivity contribution in [1.82, 2.24) is 19.4 Å². The first-order valence-electron chi connectivity index (χ1n) is 7.47. The van der Waals surface area contributed by atoms with E-state index in [0.717, 1.165) is 24.1 Å². The van der Waals surface area contributed by atoms with E-state index in [0.29, 0.717) is 24.0 Å². The molecule has 7 heteroatoms. The Morgan fingerprint density at radius 3 is 3.00 bits per heavy atom. The lowest BCUT2D eigenvalue weighted by Crippen LogP contribution is -2.15. The van der Waals surface area contributed by atoms with Crippen molar-refractivity contribution in [3.63, 3.8) is 0 Å². The van der Waals surface area contributed by atoms with Crippen molar-refractivity contribution in [2.24, 2.45) is 4.99 Å². The quantitative estimate of drug-likeness (QED) is 0.878. The number of nitrogen functional groups attached to an aromatic ring is 1. The second kappa shape index (κ2) is 6.21. The highest BCUT2D eigenvalue weighted by Crippen LogP contribution is 2.32. The van der Waals surface area contributed by atoms with Crippen LogP contribution < -0.4 is 5.73 Å². The van der Waals surface area contributed by atoms with Gasteiger partial charge < -0.3 is 15.7 Å². The van der Waals surface area contributed by atoms with E-state index in [2.05, 4.69) is 19.9 Å². The summed E-state index contributed by atoms with van der Waals surface area (Å²) in [5, 5.41) is 10.4. The molecule has 3 N–H and O–H groups in total. The smallest absolute Gasteiger partial charge is 0.220 e. The first-order valence-corrected chi connectivity index (χ1v) is 7.47. The Balaban J connectivity index is 1.85. The molecule has 3 rings (SSSR count). The van der Waals surface area contributed by atoms with Crippen LogP contribution >= 0.6 is 0 Å². The molecule has 0 atom stereocenters. The lowest BCUT2D eigenvalue weighted by Gasteiger charge is -2.10. The average Bonchev–Trinajstić information content (AvgIpc) is 3.04. The fourth-order valence-electron chi connectivity index (χ4n) is 2.53. The van der Waals surface area contributed by atoms with Gasteiger partial charge in [0.1, 0.15) is 5.69 Å². The molecular weight excluding hydrogens is 292 g/mol. The van der Waals surface area contributed by atoms with Gasteiger partial charge in [-0.15, -0.1) is 0 Å². The topological polar surface area (TPSA) is 92.6 Å². The minimum atomic E-state index is 0.0829. The Morgan fingerprint density at radius 1 is 1.39 bits per heavy atom. The molecule has 0 amide bonds. The molecule has 7 nitrogen and oxygen atoms in total. The average molecular weight is 312 g/mol. The predicted molar refractivity (Wildman–Crippen MR) is 91.7 cm³/mol. The number of nitrogens with two attached hydrogens (primary N) is 1. The summed E-state index contributed by atoms with van der Waals surface area (Å²) >= 11 is 0. The van der Waals surface area contributed by atoms with Crippen LogP contribution in [0.4, 0.5) is 11.8 Å². The van der Waals surface area contributed by atoms with E-state index in [9.17, 15) is 5.11 Å². The van der Waals surface area contributed by atoms with E-state index in [1.165, 1.54) is 0 Å². The highest BCUT2D eigenvalue weighted by Gasteiger charge is 2.17. The van der Waals surface area contributed by atoms with Crippen LogP contribution in [0.3, 0.4) is 0 Å². The molecule has 0 unspecified atom stereocenters. The van der Waals surface area contributed by atoms with Crippen LogP contribution in [0.5, 0.6) is 5.88 Å². The standard InChI is InChI=1S/C16H20N6O/c1-21(2)7-4-8-22-15(23)13(20-16(22)17)9-11-10-19-14-12(11)5-3-6-18-14/h3,5-6,9-10,23H,4,7-8H2,1-2H3,(H2,17,20)/b11-9-. The Morgan fingerprint density at radius 2 is 2.22 bits per heavy atom. The van der Waals surface area contributed by atoms with Crippen LogP contribution in [-0.2, 0) is 6.54 Å². The number of allylic oxidation sites excluding steroid dienone is 1. The molecule has 0 aliphatic carbocycles. The Labute approximate surface area is 134 Å². The molecule has 120 valence electrons. The lowest BCUT2D eigenvalue weighted by atomic mass is 10.1. The van der Waals surface area contributed by atoms with Gasteiger partial charge in [-0.2, -0.15) is 0 Å². The summed E-state index contributed by atoms with van der Waals surface area (Å²) in [7, 11) is 4.02. The van der Waals surface area contributed by atoms with Crippen molar-refractivity contribution in [3.8, 4) is 5.88 Å². The van der Waals surface area contributed by atoms with Crippen LogP contribution in [0.25, 0.3) is 11.6 Å². The Bertz CT molecular complexity index is 775. The Hall–Kier alpha value is -2.67. The molecule has 1 aliphatic heterocycles. The maximum atomic E-state index is 10.4. The summed E-state index contributed by atoms with van der Waals surface area (Å²) in [4.78, 5) is 14.8. The zero-order chi connectivity index (χ0) is 16.4. The monoisotopic (exact) mass is 312 g/mol. The molecule has 0 saturated carbocycles. The molecule has 2 aromatic rings. The second-order valence-electron chi connectivity index (χ2n) is 5.72. The Kier molecular flexibility index (Phi) is 4.12. The molecule has 23 heavy (non-hydrogen) atoms. The van der Waals surface area contributed by atoms with Gasteiger partial charge in [0.25, 0.3) is 0 Å². The van der Waals surface area contributed by atoms with Gasteiger partial charge in [0.2, 0.25) is 11.8 Å². The van der Waals surface area contributed by atoms with Crippen molar-refractivity contribution >= 4 is 29.6 Å². The third kappa shape index (κ3) is 3.09. The van der Waals surface area contributed by atoms with Gasteiger partial charge in [-0.1, -0.05) is 0 Å². The lowest BCUT2D eigenvalue weighted by molar-refractivity contribution is 0.369. The molecular formula is C16H20N6O. The number of fused-ring (bicyclic) bond motifs is 1. The van der Waals surface area contributed by atoms with Crippen LogP contribution in [-0.4, -0.2) is 51.4 Å². The molecule has 1 aliphatic rings. The molecule has 0 fully saturated rings. The zero-order valence-electron chi connectivity index (χ0n) is 13.3. The normalized spacial score (nSPS) is 14.8. The third-order valence-corrected chi connectivity index (χ3v) is 3.70. The van der Waals surface area contributed by atoms with Gasteiger partial charge in [0.15, 0.2) is 5.82 Å².